The van der Waals surface area contributed by atoms with Gasteiger partial charge in [-0.25, -0.2) is 4.79 Å². The van der Waals surface area contributed by atoms with Crippen molar-refractivity contribution in [2.75, 3.05) is 33.2 Å². The monoisotopic (exact) mass is 1030 g/mol. The Hall–Kier alpha value is -5.82. The van der Waals surface area contributed by atoms with E-state index in [1.165, 1.54) is 50.5 Å². The lowest BCUT2D eigenvalue weighted by Gasteiger charge is -2.59. The van der Waals surface area contributed by atoms with Crippen LogP contribution in [0.3, 0.4) is 0 Å². The highest BCUT2D eigenvalue weighted by atomic mass is 16.7. The molecule has 4 aromatic rings. The molecule has 1 amide bonds. The van der Waals surface area contributed by atoms with Crippen LogP contribution in [0.4, 0.5) is 4.79 Å². The average molecular weight is 1030 g/mol. The first-order chi connectivity index (χ1) is 36.8. The number of amides is 1. The van der Waals surface area contributed by atoms with Crippen molar-refractivity contribution in [3.63, 3.8) is 0 Å². The lowest BCUT2D eigenvalue weighted by atomic mass is 9.55. The predicted molar refractivity (Wildman–Crippen MR) is 293 cm³/mol. The number of unbranched alkanes of at least 4 members (excludes halogenated alkanes) is 11. The molecule has 2 aliphatic carbocycles. The van der Waals surface area contributed by atoms with Crippen molar-refractivity contribution in [1.29, 1.82) is 0 Å². The van der Waals surface area contributed by atoms with Crippen LogP contribution in [-0.4, -0.2) is 72.0 Å². The number of aryl methyl sites for hydroxylation is 2. The molecule has 1 saturated carbocycles. The number of benzene rings is 4. The second kappa shape index (κ2) is 27.8. The standard InChI is InChI=1S/C63H82N2O10/c1-5-7-8-9-10-11-12-13-14-22-36-69-62(68)65(42-48-28-31-57-58(38-48)71-44-70-57)59-41-55(64-73-43-47-23-16-15-17-24-47)53-39-49(25-18-20-33-66)52(26-19-21-34-67)60-54-40-51(74-50-29-27-45(3)46(4)37-50)30-32-56(54)75-63(59,61(53)60)72-35-6-2/h6,15-17,23-24,27-32,37-40,49,52,59-61,66-67H,2,5,7-14,18-22,25-26,33-36,41-44H2,1,3-4H3/t49-,52+,59-,60+,61+,63+/m0/s1. The maximum atomic E-state index is 15.3. The summed E-state index contributed by atoms with van der Waals surface area (Å²) in [4.78, 5) is 23.4. The summed E-state index contributed by atoms with van der Waals surface area (Å²) in [5.41, 5.74) is 6.75. The number of aliphatic hydroxyl groups is 2. The van der Waals surface area contributed by atoms with E-state index in [4.69, 9.17) is 38.4 Å². The molecule has 12 heteroatoms. The van der Waals surface area contributed by atoms with Crippen LogP contribution in [0.15, 0.2) is 114 Å². The third-order valence-electron chi connectivity index (χ3n) is 15.7. The van der Waals surface area contributed by atoms with E-state index in [-0.39, 0.29) is 70.5 Å². The van der Waals surface area contributed by atoms with E-state index in [9.17, 15) is 10.2 Å². The molecule has 404 valence electrons. The number of ether oxygens (including phenoxy) is 6. The zero-order valence-corrected chi connectivity index (χ0v) is 44.9. The van der Waals surface area contributed by atoms with E-state index in [0.717, 1.165) is 78.5 Å². The number of carbonyl (C=O) groups excluding carboxylic acids is 1. The average Bonchev–Trinajstić information content (AvgIpc) is 3.90. The number of aliphatic hydroxyl groups excluding tert-OH is 2. The summed E-state index contributed by atoms with van der Waals surface area (Å²) in [6.45, 7) is 11.7. The van der Waals surface area contributed by atoms with E-state index >= 15 is 4.79 Å². The molecule has 0 saturated heterocycles. The Morgan fingerprint density at radius 3 is 2.23 bits per heavy atom. The number of carbonyl (C=O) groups is 1. The van der Waals surface area contributed by atoms with Gasteiger partial charge in [0.2, 0.25) is 12.6 Å². The Morgan fingerprint density at radius 1 is 0.773 bits per heavy atom. The third-order valence-corrected chi connectivity index (χ3v) is 15.7. The van der Waals surface area contributed by atoms with Gasteiger partial charge >= 0.3 is 6.09 Å². The summed E-state index contributed by atoms with van der Waals surface area (Å²) in [5.74, 6) is 1.18. The minimum absolute atomic E-state index is 0.0334. The van der Waals surface area contributed by atoms with E-state index in [1.807, 2.05) is 66.7 Å². The summed E-state index contributed by atoms with van der Waals surface area (Å²) < 4.78 is 39.5. The van der Waals surface area contributed by atoms with Crippen molar-refractivity contribution >= 4 is 11.8 Å². The highest BCUT2D eigenvalue weighted by Gasteiger charge is 2.66. The quantitative estimate of drug-likeness (QED) is 0.0295. The predicted octanol–water partition coefficient (Wildman–Crippen LogP) is 14.2. The molecular formula is C63H82N2O10. The van der Waals surface area contributed by atoms with Gasteiger partial charge in [0.25, 0.3) is 0 Å². The minimum Gasteiger partial charge on any atom is -0.459 e. The zero-order chi connectivity index (χ0) is 52.4. The second-order valence-electron chi connectivity index (χ2n) is 21.0. The Kier molecular flexibility index (Phi) is 20.6. The normalized spacial score (nSPS) is 21.6. The molecule has 0 unspecified atom stereocenters. The molecule has 0 aromatic heterocycles. The van der Waals surface area contributed by atoms with Gasteiger partial charge in [-0.1, -0.05) is 137 Å². The van der Waals surface area contributed by atoms with Crippen molar-refractivity contribution in [3.8, 4) is 28.7 Å². The molecule has 0 spiro atoms. The van der Waals surface area contributed by atoms with Crippen LogP contribution in [0.1, 0.15) is 150 Å². The summed E-state index contributed by atoms with van der Waals surface area (Å²) in [6.07, 6.45) is 20.1. The number of fused-ring (bicyclic) bond motifs is 3. The molecule has 2 aliphatic heterocycles. The Balaban J connectivity index is 1.24. The first-order valence-electron chi connectivity index (χ1n) is 28.1. The topological polar surface area (TPSA) is 138 Å². The summed E-state index contributed by atoms with van der Waals surface area (Å²) in [6, 6.07) is 27.2. The number of hydrogen-bond acceptors (Lipinski definition) is 11. The molecule has 4 aliphatic rings. The largest absolute Gasteiger partial charge is 0.459 e. The molecule has 2 heterocycles. The molecule has 8 rings (SSSR count). The number of allylic oxidation sites excluding steroid dienone is 1. The Labute approximate surface area is 446 Å². The summed E-state index contributed by atoms with van der Waals surface area (Å²) in [7, 11) is 0. The van der Waals surface area contributed by atoms with Gasteiger partial charge in [0.15, 0.2) is 11.5 Å². The molecular weight excluding hydrogens is 945 g/mol. The van der Waals surface area contributed by atoms with Crippen LogP contribution >= 0.6 is 0 Å². The Bertz CT molecular complexity index is 2530. The van der Waals surface area contributed by atoms with Gasteiger partial charge < -0.3 is 43.5 Å². The van der Waals surface area contributed by atoms with Crippen molar-refractivity contribution in [3.05, 3.63) is 137 Å². The molecule has 4 aromatic carbocycles. The van der Waals surface area contributed by atoms with Crippen LogP contribution in [0.5, 0.6) is 28.7 Å². The SMILES string of the molecule is C=CCO[C@@]12Oc3ccc(Oc4ccc(C)c(C)c4)cc3[C@H]3[C@H](CCCCO)[C@@H](CCCCO)C=C(C(=NOCc4ccccc4)C[C@@H]1N(Cc1ccc4c(c1)OCO4)C(=O)OCCCCCCCCCCCC)[C@H]32. The molecule has 12 nitrogen and oxygen atoms in total. The van der Waals surface area contributed by atoms with Gasteiger partial charge in [0.05, 0.1) is 24.8 Å². The molecule has 1 fully saturated rings. The lowest BCUT2D eigenvalue weighted by molar-refractivity contribution is -0.256. The van der Waals surface area contributed by atoms with Gasteiger partial charge in [0, 0.05) is 37.7 Å². The first-order valence-corrected chi connectivity index (χ1v) is 28.1. The van der Waals surface area contributed by atoms with E-state index in [0.29, 0.717) is 41.6 Å². The van der Waals surface area contributed by atoms with Crippen LogP contribution < -0.4 is 18.9 Å². The maximum Gasteiger partial charge on any atom is 0.410 e. The fourth-order valence-corrected chi connectivity index (χ4v) is 11.8. The fraction of sp³-hybridized carbons (Fsp3) is 0.524. The molecule has 75 heavy (non-hydrogen) atoms. The van der Waals surface area contributed by atoms with Crippen LogP contribution in [0, 0.1) is 31.6 Å². The summed E-state index contributed by atoms with van der Waals surface area (Å²) in [5, 5.41) is 25.3. The smallest absolute Gasteiger partial charge is 0.410 e. The number of nitrogens with zero attached hydrogens (tertiary/aromatic N) is 2. The van der Waals surface area contributed by atoms with Gasteiger partial charge in [-0.3, -0.25) is 4.90 Å². The molecule has 6 atom stereocenters. The molecule has 0 radical (unpaired) electrons. The van der Waals surface area contributed by atoms with Crippen LogP contribution in [0.2, 0.25) is 0 Å². The lowest BCUT2D eigenvalue weighted by Crippen LogP contribution is -2.70. The molecule has 0 bridgehead atoms. The number of hydrogen-bond donors (Lipinski definition) is 2. The van der Waals surface area contributed by atoms with Gasteiger partial charge in [-0.05, 0) is 128 Å². The van der Waals surface area contributed by atoms with Crippen molar-refractivity contribution in [1.82, 2.24) is 4.90 Å². The number of rotatable bonds is 30. The summed E-state index contributed by atoms with van der Waals surface area (Å²) >= 11 is 0. The fourth-order valence-electron chi connectivity index (χ4n) is 11.8. The second-order valence-corrected chi connectivity index (χ2v) is 21.0. The van der Waals surface area contributed by atoms with E-state index < -0.39 is 23.8 Å². The highest BCUT2D eigenvalue weighted by Crippen LogP contribution is 2.62. The van der Waals surface area contributed by atoms with Crippen molar-refractivity contribution in [2.45, 2.75) is 161 Å². The van der Waals surface area contributed by atoms with E-state index in [2.05, 4.69) is 51.6 Å². The van der Waals surface area contributed by atoms with Gasteiger partial charge in [-0.15, -0.1) is 6.58 Å². The Morgan fingerprint density at radius 2 is 1.48 bits per heavy atom. The molecule has 2 N–H and O–H groups in total. The van der Waals surface area contributed by atoms with Gasteiger partial charge in [0.1, 0.15) is 29.9 Å². The van der Waals surface area contributed by atoms with Crippen molar-refractivity contribution < 1.29 is 48.3 Å². The number of oxime groups is 1. The third kappa shape index (κ3) is 14.0. The van der Waals surface area contributed by atoms with Crippen LogP contribution in [-0.2, 0) is 27.5 Å². The van der Waals surface area contributed by atoms with Crippen molar-refractivity contribution in [2.24, 2.45) is 22.9 Å². The first kappa shape index (κ1) is 55.4. The maximum absolute atomic E-state index is 15.3. The zero-order valence-electron chi connectivity index (χ0n) is 44.9. The minimum atomic E-state index is -1.48. The highest BCUT2D eigenvalue weighted by molar-refractivity contribution is 6.03. The van der Waals surface area contributed by atoms with Crippen LogP contribution in [0.25, 0.3) is 0 Å². The van der Waals surface area contributed by atoms with E-state index in [1.54, 1.807) is 11.0 Å². The van der Waals surface area contributed by atoms with Gasteiger partial charge in [-0.2, -0.15) is 0 Å².